The Morgan fingerprint density at radius 2 is 2.06 bits per heavy atom. The summed E-state index contributed by atoms with van der Waals surface area (Å²) in [6.45, 7) is -0.431. The number of methoxy groups -OCH3 is 1. The zero-order valence-electron chi connectivity index (χ0n) is 8.20. The molecule has 0 aliphatic carbocycles. The molecule has 0 heterocycles. The summed E-state index contributed by atoms with van der Waals surface area (Å²) in [5.74, 6) is -3.26. The first-order valence-electron chi connectivity index (χ1n) is 4.13. The molecule has 0 radical (unpaired) electrons. The monoisotopic (exact) mass is 231 g/mol. The largest absolute Gasteiger partial charge is 0.377 e. The molecule has 0 spiro atoms. The van der Waals surface area contributed by atoms with Crippen molar-refractivity contribution in [2.24, 2.45) is 0 Å². The van der Waals surface area contributed by atoms with Crippen LogP contribution in [0, 0.1) is 21.7 Å². The second kappa shape index (κ2) is 4.75. The minimum atomic E-state index is -1.32. The van der Waals surface area contributed by atoms with E-state index in [0.717, 1.165) is 0 Å². The van der Waals surface area contributed by atoms with Crippen LogP contribution in [-0.2, 0) is 4.74 Å². The van der Waals surface area contributed by atoms with Gasteiger partial charge in [0.25, 0.3) is 0 Å². The summed E-state index contributed by atoms with van der Waals surface area (Å²) >= 11 is 0. The number of hydrogen-bond acceptors (Lipinski definition) is 4. The van der Waals surface area contributed by atoms with Crippen molar-refractivity contribution in [2.45, 2.75) is 0 Å². The molecule has 0 aliphatic heterocycles. The summed E-state index contributed by atoms with van der Waals surface area (Å²) in [6.07, 6.45) is 0. The average Bonchev–Trinajstić information content (AvgIpc) is 2.17. The predicted molar refractivity (Wildman–Crippen MR) is 49.2 cm³/mol. The zero-order chi connectivity index (χ0) is 12.3. The molecule has 5 nitrogen and oxygen atoms in total. The topological polar surface area (TPSA) is 69.4 Å². The first kappa shape index (κ1) is 12.2. The van der Waals surface area contributed by atoms with E-state index in [1.807, 2.05) is 0 Å². The Morgan fingerprint density at radius 3 is 2.56 bits per heavy atom. The normalized spacial score (nSPS) is 10.2. The SMILES string of the molecule is COCC(=O)c1cc([N+](=O)[O-])c(F)cc1F. The van der Waals surface area contributed by atoms with Gasteiger partial charge in [-0.1, -0.05) is 0 Å². The van der Waals surface area contributed by atoms with Gasteiger partial charge in [0.2, 0.25) is 5.82 Å². The third-order valence-corrected chi connectivity index (χ3v) is 1.81. The van der Waals surface area contributed by atoms with E-state index in [2.05, 4.69) is 4.74 Å². The Kier molecular flexibility index (Phi) is 3.62. The lowest BCUT2D eigenvalue weighted by atomic mass is 10.1. The second-order valence-corrected chi connectivity index (χ2v) is 2.90. The van der Waals surface area contributed by atoms with Crippen LogP contribution in [0.3, 0.4) is 0 Å². The number of halogens is 2. The first-order valence-corrected chi connectivity index (χ1v) is 4.13. The van der Waals surface area contributed by atoms with Gasteiger partial charge in [-0.15, -0.1) is 0 Å². The van der Waals surface area contributed by atoms with Crippen molar-refractivity contribution in [1.29, 1.82) is 0 Å². The number of ketones is 1. The molecule has 0 amide bonds. The summed E-state index contributed by atoms with van der Waals surface area (Å²) in [5.41, 5.74) is -1.50. The second-order valence-electron chi connectivity index (χ2n) is 2.90. The van der Waals surface area contributed by atoms with Crippen molar-refractivity contribution in [3.05, 3.63) is 39.4 Å². The molecule has 0 aliphatic rings. The number of ether oxygens (including phenoxy) is 1. The Labute approximate surface area is 88.8 Å². The highest BCUT2D eigenvalue weighted by atomic mass is 19.1. The molecule has 0 saturated carbocycles. The van der Waals surface area contributed by atoms with Gasteiger partial charge in [-0.3, -0.25) is 14.9 Å². The third-order valence-electron chi connectivity index (χ3n) is 1.81. The molecule has 1 aromatic rings. The van der Waals surface area contributed by atoms with E-state index < -0.39 is 40.2 Å². The Bertz CT molecular complexity index is 447. The molecule has 86 valence electrons. The summed E-state index contributed by atoms with van der Waals surface area (Å²) in [4.78, 5) is 20.6. The van der Waals surface area contributed by atoms with E-state index >= 15 is 0 Å². The highest BCUT2D eigenvalue weighted by Gasteiger charge is 2.21. The average molecular weight is 231 g/mol. The predicted octanol–water partition coefficient (Wildman–Crippen LogP) is 1.70. The van der Waals surface area contributed by atoms with E-state index in [-0.39, 0.29) is 0 Å². The molecular formula is C9H7F2NO4. The maximum absolute atomic E-state index is 13.1. The van der Waals surface area contributed by atoms with E-state index in [1.165, 1.54) is 7.11 Å². The van der Waals surface area contributed by atoms with Gasteiger partial charge in [0, 0.05) is 19.2 Å². The number of carbonyl (C=O) groups excluding carboxylic acids is 1. The molecule has 0 unspecified atom stereocenters. The van der Waals surface area contributed by atoms with Gasteiger partial charge in [0.05, 0.1) is 10.5 Å². The lowest BCUT2D eigenvalue weighted by Gasteiger charge is -2.02. The number of nitro groups is 1. The van der Waals surface area contributed by atoms with Gasteiger partial charge in [0.1, 0.15) is 12.4 Å². The number of benzene rings is 1. The van der Waals surface area contributed by atoms with E-state index in [4.69, 9.17) is 0 Å². The quantitative estimate of drug-likeness (QED) is 0.449. The number of carbonyl (C=O) groups is 1. The highest BCUT2D eigenvalue weighted by Crippen LogP contribution is 2.21. The van der Waals surface area contributed by atoms with Crippen molar-refractivity contribution >= 4 is 11.5 Å². The molecule has 0 aromatic heterocycles. The minimum Gasteiger partial charge on any atom is -0.377 e. The fourth-order valence-electron chi connectivity index (χ4n) is 1.10. The van der Waals surface area contributed by atoms with Crippen molar-refractivity contribution in [1.82, 2.24) is 0 Å². The Morgan fingerprint density at radius 1 is 1.44 bits per heavy atom. The molecule has 0 fully saturated rings. The van der Waals surface area contributed by atoms with Crippen molar-refractivity contribution in [3.63, 3.8) is 0 Å². The van der Waals surface area contributed by atoms with Crippen LogP contribution in [0.15, 0.2) is 12.1 Å². The van der Waals surface area contributed by atoms with Gasteiger partial charge in [-0.05, 0) is 0 Å². The molecular weight excluding hydrogens is 224 g/mol. The standard InChI is InChI=1S/C9H7F2NO4/c1-16-4-9(13)5-2-8(12(14)15)7(11)3-6(5)10/h2-3H,4H2,1H3. The molecule has 0 bridgehead atoms. The summed E-state index contributed by atoms with van der Waals surface area (Å²) < 4.78 is 30.5. The highest BCUT2D eigenvalue weighted by molar-refractivity contribution is 5.97. The molecule has 0 atom stereocenters. The van der Waals surface area contributed by atoms with Crippen LogP contribution in [0.2, 0.25) is 0 Å². The maximum Gasteiger partial charge on any atom is 0.305 e. The minimum absolute atomic E-state index is 0.307. The van der Waals surface area contributed by atoms with Crippen LogP contribution in [-0.4, -0.2) is 24.4 Å². The van der Waals surface area contributed by atoms with E-state index in [0.29, 0.717) is 12.1 Å². The maximum atomic E-state index is 13.1. The fourth-order valence-corrected chi connectivity index (χ4v) is 1.10. The zero-order valence-corrected chi connectivity index (χ0v) is 8.20. The summed E-state index contributed by atoms with van der Waals surface area (Å²) in [7, 11) is 1.22. The van der Waals surface area contributed by atoms with Crippen LogP contribution in [0.25, 0.3) is 0 Å². The van der Waals surface area contributed by atoms with Gasteiger partial charge in [-0.25, -0.2) is 4.39 Å². The molecule has 0 N–H and O–H groups in total. The smallest absolute Gasteiger partial charge is 0.305 e. The number of nitro benzene ring substituents is 1. The first-order chi connectivity index (χ1) is 7.47. The lowest BCUT2D eigenvalue weighted by Crippen LogP contribution is -2.10. The van der Waals surface area contributed by atoms with E-state index in [1.54, 1.807) is 0 Å². The lowest BCUT2D eigenvalue weighted by molar-refractivity contribution is -0.387. The van der Waals surface area contributed by atoms with Crippen LogP contribution < -0.4 is 0 Å². The van der Waals surface area contributed by atoms with Crippen LogP contribution >= 0.6 is 0 Å². The van der Waals surface area contributed by atoms with Crippen LogP contribution in [0.5, 0.6) is 0 Å². The van der Waals surface area contributed by atoms with Crippen LogP contribution in [0.1, 0.15) is 10.4 Å². The van der Waals surface area contributed by atoms with Gasteiger partial charge >= 0.3 is 5.69 Å². The number of nitrogens with zero attached hydrogens (tertiary/aromatic N) is 1. The number of hydrogen-bond donors (Lipinski definition) is 0. The molecule has 7 heteroatoms. The fraction of sp³-hybridized carbons (Fsp3) is 0.222. The molecule has 16 heavy (non-hydrogen) atoms. The third kappa shape index (κ3) is 2.37. The van der Waals surface area contributed by atoms with Gasteiger partial charge < -0.3 is 4.74 Å². The van der Waals surface area contributed by atoms with Crippen molar-refractivity contribution in [3.8, 4) is 0 Å². The van der Waals surface area contributed by atoms with Gasteiger partial charge in [-0.2, -0.15) is 4.39 Å². The van der Waals surface area contributed by atoms with E-state index in [9.17, 15) is 23.7 Å². The Hall–Kier alpha value is -1.89. The molecule has 0 saturated heterocycles. The Balaban J connectivity index is 3.24. The summed E-state index contributed by atoms with van der Waals surface area (Å²) in [6, 6.07) is 0.868. The van der Waals surface area contributed by atoms with Crippen molar-refractivity contribution < 1.29 is 23.2 Å². The van der Waals surface area contributed by atoms with Crippen LogP contribution in [0.4, 0.5) is 14.5 Å². The van der Waals surface area contributed by atoms with Crippen molar-refractivity contribution in [2.75, 3.05) is 13.7 Å². The number of rotatable bonds is 4. The molecule has 1 rings (SSSR count). The molecule has 1 aromatic carbocycles. The number of Topliss-reactive ketones (excluding diaryl/α,β-unsaturated/α-hetero) is 1. The van der Waals surface area contributed by atoms with Gasteiger partial charge in [0.15, 0.2) is 5.78 Å². The summed E-state index contributed by atoms with van der Waals surface area (Å²) in [5, 5.41) is 10.4.